The maximum absolute atomic E-state index is 13.9. The summed E-state index contributed by atoms with van der Waals surface area (Å²) in [4.78, 5) is 0. The normalized spacial score (nSPS) is 36.1. The van der Waals surface area contributed by atoms with E-state index in [0.717, 1.165) is 38.6 Å². The van der Waals surface area contributed by atoms with Crippen molar-refractivity contribution in [1.29, 1.82) is 0 Å². The number of aliphatic hydroxyl groups is 1. The monoisotopic (exact) mass is 249 g/mol. The zero-order chi connectivity index (χ0) is 12.6. The van der Waals surface area contributed by atoms with Gasteiger partial charge in [0.1, 0.15) is 5.82 Å². The first kappa shape index (κ1) is 12.1. The molecule has 2 fully saturated rings. The molecule has 2 aliphatic rings. The van der Waals surface area contributed by atoms with Gasteiger partial charge in [-0.25, -0.2) is 4.39 Å². The summed E-state index contributed by atoms with van der Waals surface area (Å²) in [6, 6.07) is 6.90. The summed E-state index contributed by atoms with van der Waals surface area (Å²) in [5.41, 5.74) is 0.124. The molecule has 3 rings (SSSR count). The van der Waals surface area contributed by atoms with Gasteiger partial charge in [-0.15, -0.1) is 0 Å². The summed E-state index contributed by atoms with van der Waals surface area (Å²) in [7, 11) is 0. The summed E-state index contributed by atoms with van der Waals surface area (Å²) < 4.78 is 13.9. The van der Waals surface area contributed by atoms with E-state index in [-0.39, 0.29) is 17.8 Å². The molecule has 0 aromatic heterocycles. The van der Waals surface area contributed by atoms with Gasteiger partial charge in [-0.05, 0) is 31.9 Å². The zero-order valence-corrected chi connectivity index (χ0v) is 10.5. The highest BCUT2D eigenvalue weighted by atomic mass is 19.1. The number of halogens is 1. The number of benzene rings is 1. The predicted molar refractivity (Wildman–Crippen MR) is 68.7 cm³/mol. The molecule has 1 aliphatic carbocycles. The second-order valence-electron chi connectivity index (χ2n) is 5.66. The summed E-state index contributed by atoms with van der Waals surface area (Å²) in [5, 5.41) is 14.2. The number of rotatable bonds is 1. The molecule has 98 valence electrons. The van der Waals surface area contributed by atoms with Crippen LogP contribution in [0, 0.1) is 11.7 Å². The van der Waals surface area contributed by atoms with E-state index in [9.17, 15) is 9.50 Å². The van der Waals surface area contributed by atoms with E-state index in [2.05, 4.69) is 5.32 Å². The minimum atomic E-state index is -0.587. The first-order valence-corrected chi connectivity index (χ1v) is 6.91. The third-order valence-electron chi connectivity index (χ3n) is 4.63. The van der Waals surface area contributed by atoms with Crippen LogP contribution in [0.25, 0.3) is 0 Å². The summed E-state index contributed by atoms with van der Waals surface area (Å²) >= 11 is 0. The van der Waals surface area contributed by atoms with Crippen molar-refractivity contribution in [1.82, 2.24) is 5.32 Å². The number of piperidine rings is 1. The summed E-state index contributed by atoms with van der Waals surface area (Å²) in [5.74, 6) is -0.0123. The average molecular weight is 249 g/mol. The van der Waals surface area contributed by atoms with E-state index in [1.165, 1.54) is 6.07 Å². The van der Waals surface area contributed by atoms with Crippen molar-refractivity contribution < 1.29 is 9.50 Å². The van der Waals surface area contributed by atoms with Gasteiger partial charge in [-0.3, -0.25) is 0 Å². The van der Waals surface area contributed by atoms with E-state index >= 15 is 0 Å². The van der Waals surface area contributed by atoms with E-state index in [1.54, 1.807) is 6.07 Å². The van der Waals surface area contributed by atoms with Crippen molar-refractivity contribution >= 4 is 0 Å². The lowest BCUT2D eigenvalue weighted by Gasteiger charge is -2.48. The van der Waals surface area contributed by atoms with Crippen LogP contribution >= 0.6 is 0 Å². The molecular weight excluding hydrogens is 229 g/mol. The lowest BCUT2D eigenvalue weighted by molar-refractivity contribution is -0.0865. The van der Waals surface area contributed by atoms with Crippen LogP contribution in [-0.4, -0.2) is 17.3 Å². The predicted octanol–water partition coefficient (Wildman–Crippen LogP) is 2.78. The van der Waals surface area contributed by atoms with Gasteiger partial charge in [0, 0.05) is 17.5 Å². The number of hydrogen-bond acceptors (Lipinski definition) is 2. The molecule has 1 aromatic rings. The van der Waals surface area contributed by atoms with Crippen LogP contribution in [0.3, 0.4) is 0 Å². The smallest absolute Gasteiger partial charge is 0.127 e. The van der Waals surface area contributed by atoms with E-state index in [0.29, 0.717) is 5.56 Å². The SMILES string of the molecule is O[C@]12CCCC[C@@H]1[C@H](c1ccccc1F)NCC2. The first-order valence-electron chi connectivity index (χ1n) is 6.91. The Hall–Kier alpha value is -0.930. The molecule has 3 atom stereocenters. The molecule has 18 heavy (non-hydrogen) atoms. The lowest BCUT2D eigenvalue weighted by atomic mass is 9.67. The average Bonchev–Trinajstić information content (AvgIpc) is 2.38. The topological polar surface area (TPSA) is 32.3 Å². The van der Waals surface area contributed by atoms with Crippen molar-refractivity contribution in [3.8, 4) is 0 Å². The molecule has 1 heterocycles. The fraction of sp³-hybridized carbons (Fsp3) is 0.600. The lowest BCUT2D eigenvalue weighted by Crippen LogP contribution is -2.53. The quantitative estimate of drug-likeness (QED) is 0.802. The van der Waals surface area contributed by atoms with Crippen LogP contribution in [0.5, 0.6) is 0 Å². The molecule has 2 N–H and O–H groups in total. The van der Waals surface area contributed by atoms with Crippen molar-refractivity contribution in [3.05, 3.63) is 35.6 Å². The Morgan fingerprint density at radius 1 is 1.22 bits per heavy atom. The molecule has 1 aliphatic heterocycles. The zero-order valence-electron chi connectivity index (χ0n) is 10.5. The molecule has 0 amide bonds. The van der Waals surface area contributed by atoms with Crippen molar-refractivity contribution in [3.63, 3.8) is 0 Å². The van der Waals surface area contributed by atoms with E-state index in [1.807, 2.05) is 12.1 Å². The summed E-state index contributed by atoms with van der Waals surface area (Å²) in [6.07, 6.45) is 4.88. The van der Waals surface area contributed by atoms with Gasteiger partial charge in [-0.1, -0.05) is 31.0 Å². The van der Waals surface area contributed by atoms with Crippen LogP contribution in [-0.2, 0) is 0 Å². The Morgan fingerprint density at radius 2 is 2.06 bits per heavy atom. The third kappa shape index (κ3) is 1.95. The van der Waals surface area contributed by atoms with Crippen LogP contribution in [0.1, 0.15) is 43.7 Å². The minimum absolute atomic E-state index is 0.0368. The second-order valence-corrected chi connectivity index (χ2v) is 5.66. The highest BCUT2D eigenvalue weighted by Crippen LogP contribution is 2.45. The molecule has 2 nitrogen and oxygen atoms in total. The Balaban J connectivity index is 1.94. The van der Waals surface area contributed by atoms with Crippen LogP contribution in [0.4, 0.5) is 4.39 Å². The first-order chi connectivity index (χ1) is 8.71. The second kappa shape index (κ2) is 4.63. The fourth-order valence-corrected chi connectivity index (χ4v) is 3.68. The molecule has 1 saturated heterocycles. The molecular formula is C15H20FNO. The Labute approximate surface area is 107 Å². The minimum Gasteiger partial charge on any atom is -0.389 e. The van der Waals surface area contributed by atoms with Crippen molar-refractivity contribution in [2.75, 3.05) is 6.54 Å². The van der Waals surface area contributed by atoms with Gasteiger partial charge < -0.3 is 10.4 Å². The van der Waals surface area contributed by atoms with Gasteiger partial charge in [0.15, 0.2) is 0 Å². The van der Waals surface area contributed by atoms with Gasteiger partial charge in [-0.2, -0.15) is 0 Å². The molecule has 0 spiro atoms. The van der Waals surface area contributed by atoms with Crippen LogP contribution in [0.2, 0.25) is 0 Å². The molecule has 1 aromatic carbocycles. The fourth-order valence-electron chi connectivity index (χ4n) is 3.68. The van der Waals surface area contributed by atoms with Gasteiger partial charge in [0.25, 0.3) is 0 Å². The highest BCUT2D eigenvalue weighted by molar-refractivity contribution is 5.24. The van der Waals surface area contributed by atoms with Crippen LogP contribution in [0.15, 0.2) is 24.3 Å². The molecule has 0 bridgehead atoms. The Kier molecular flexibility index (Phi) is 3.12. The molecule has 0 radical (unpaired) electrons. The molecule has 0 unspecified atom stereocenters. The van der Waals surface area contributed by atoms with Crippen LogP contribution < -0.4 is 5.32 Å². The maximum Gasteiger partial charge on any atom is 0.127 e. The summed E-state index contributed by atoms with van der Waals surface area (Å²) in [6.45, 7) is 0.770. The number of fused-ring (bicyclic) bond motifs is 1. The van der Waals surface area contributed by atoms with Gasteiger partial charge in [0.2, 0.25) is 0 Å². The Bertz CT molecular complexity index is 432. The van der Waals surface area contributed by atoms with Gasteiger partial charge >= 0.3 is 0 Å². The Morgan fingerprint density at radius 3 is 2.89 bits per heavy atom. The highest BCUT2D eigenvalue weighted by Gasteiger charge is 2.46. The molecule has 3 heteroatoms. The maximum atomic E-state index is 13.9. The number of hydrogen-bond donors (Lipinski definition) is 2. The van der Waals surface area contributed by atoms with Crippen molar-refractivity contribution in [2.45, 2.75) is 43.7 Å². The largest absolute Gasteiger partial charge is 0.389 e. The van der Waals surface area contributed by atoms with E-state index < -0.39 is 5.60 Å². The standard InChI is InChI=1S/C15H20FNO/c16-13-7-2-1-5-11(13)14-12-6-3-4-8-15(12,18)9-10-17-14/h1-2,5,7,12,14,17-18H,3-4,6,8-10H2/t12-,14+,15+/m1/s1. The van der Waals surface area contributed by atoms with E-state index in [4.69, 9.17) is 0 Å². The van der Waals surface area contributed by atoms with Crippen molar-refractivity contribution in [2.24, 2.45) is 5.92 Å². The number of nitrogens with one attached hydrogen (secondary N) is 1. The van der Waals surface area contributed by atoms with Gasteiger partial charge in [0.05, 0.1) is 5.60 Å². The third-order valence-corrected chi connectivity index (χ3v) is 4.63. The molecule has 1 saturated carbocycles.